The Labute approximate surface area is 110 Å². The van der Waals surface area contributed by atoms with Crippen molar-refractivity contribution >= 4 is 0 Å². The van der Waals surface area contributed by atoms with Crippen LogP contribution in [0.3, 0.4) is 0 Å². The van der Waals surface area contributed by atoms with Crippen molar-refractivity contribution in [3.05, 3.63) is 11.6 Å². The summed E-state index contributed by atoms with van der Waals surface area (Å²) < 4.78 is 6.31. The van der Waals surface area contributed by atoms with Crippen molar-refractivity contribution in [3.8, 4) is 0 Å². The van der Waals surface area contributed by atoms with Crippen LogP contribution in [0.2, 0.25) is 0 Å². The topological polar surface area (TPSA) is 29.5 Å². The van der Waals surface area contributed by atoms with E-state index in [0.29, 0.717) is 29.8 Å². The van der Waals surface area contributed by atoms with Crippen LogP contribution in [-0.4, -0.2) is 22.9 Å². The van der Waals surface area contributed by atoms with Gasteiger partial charge in [-0.05, 0) is 51.9 Å². The Morgan fingerprint density at radius 3 is 2.67 bits per heavy atom. The second-order valence-corrected chi connectivity index (χ2v) is 7.61. The van der Waals surface area contributed by atoms with Gasteiger partial charge >= 0.3 is 0 Å². The lowest BCUT2D eigenvalue weighted by molar-refractivity contribution is -0.0790. The minimum absolute atomic E-state index is 0.0579. The molecule has 0 radical (unpaired) electrons. The molecule has 0 spiro atoms. The van der Waals surface area contributed by atoms with Gasteiger partial charge in [0.25, 0.3) is 0 Å². The predicted octanol–water partition coefficient (Wildman–Crippen LogP) is 3.15. The highest BCUT2D eigenvalue weighted by molar-refractivity contribution is 5.27. The van der Waals surface area contributed by atoms with Crippen molar-refractivity contribution in [3.63, 3.8) is 0 Å². The van der Waals surface area contributed by atoms with Gasteiger partial charge in [0.15, 0.2) is 0 Å². The smallest absolute Gasteiger partial charge is 0.0712 e. The molecule has 1 unspecified atom stereocenters. The van der Waals surface area contributed by atoms with Crippen molar-refractivity contribution in [2.75, 3.05) is 0 Å². The Hall–Kier alpha value is -0.340. The molecule has 2 nitrogen and oxygen atoms in total. The van der Waals surface area contributed by atoms with Crippen molar-refractivity contribution in [2.45, 2.75) is 64.8 Å². The third-order valence-corrected chi connectivity index (χ3v) is 4.96. The molecule has 2 bridgehead atoms. The summed E-state index contributed by atoms with van der Waals surface area (Å²) in [6, 6.07) is 0. The third-order valence-electron chi connectivity index (χ3n) is 4.96. The number of hydrogen-bond acceptors (Lipinski definition) is 2. The van der Waals surface area contributed by atoms with Gasteiger partial charge in [0.05, 0.1) is 17.8 Å². The van der Waals surface area contributed by atoms with Crippen molar-refractivity contribution in [1.82, 2.24) is 0 Å². The fourth-order valence-corrected chi connectivity index (χ4v) is 4.29. The molecule has 3 rings (SSSR count). The van der Waals surface area contributed by atoms with Crippen LogP contribution in [0.4, 0.5) is 0 Å². The molecule has 18 heavy (non-hydrogen) atoms. The van der Waals surface area contributed by atoms with E-state index in [1.165, 1.54) is 6.42 Å². The largest absolute Gasteiger partial charge is 0.393 e. The van der Waals surface area contributed by atoms with Gasteiger partial charge in [-0.15, -0.1) is 0 Å². The molecule has 0 aromatic rings. The van der Waals surface area contributed by atoms with Crippen LogP contribution in [0.25, 0.3) is 0 Å². The van der Waals surface area contributed by atoms with E-state index in [9.17, 15) is 5.11 Å². The summed E-state index contributed by atoms with van der Waals surface area (Å²) in [5.74, 6) is 2.26. The summed E-state index contributed by atoms with van der Waals surface area (Å²) >= 11 is 0. The molecule has 102 valence electrons. The second-order valence-electron chi connectivity index (χ2n) is 7.61. The molecule has 0 aromatic carbocycles. The van der Waals surface area contributed by atoms with E-state index in [4.69, 9.17) is 4.74 Å². The third kappa shape index (κ3) is 2.04. The van der Waals surface area contributed by atoms with Crippen LogP contribution in [0.5, 0.6) is 0 Å². The number of ether oxygens (including phenoxy) is 1. The number of hydrogen-bond donors (Lipinski definition) is 1. The van der Waals surface area contributed by atoms with E-state index in [1.807, 2.05) is 0 Å². The molecule has 0 aromatic heterocycles. The SMILES string of the molecule is C[C@H]1CC2=C[C@H]3CC(C[C@@H]1O)[C@@H]2[C@@H]3OC(C)(C)C. The highest BCUT2D eigenvalue weighted by Crippen LogP contribution is 2.55. The Morgan fingerprint density at radius 2 is 2.00 bits per heavy atom. The molecule has 3 aliphatic carbocycles. The highest BCUT2D eigenvalue weighted by Gasteiger charge is 2.52. The van der Waals surface area contributed by atoms with Gasteiger partial charge in [0.2, 0.25) is 0 Å². The fourth-order valence-electron chi connectivity index (χ4n) is 4.29. The maximum atomic E-state index is 10.2. The lowest BCUT2D eigenvalue weighted by Crippen LogP contribution is -2.32. The lowest BCUT2D eigenvalue weighted by Gasteiger charge is -2.29. The maximum Gasteiger partial charge on any atom is 0.0712 e. The molecule has 2 heteroatoms. The van der Waals surface area contributed by atoms with Gasteiger partial charge in [-0.25, -0.2) is 0 Å². The minimum Gasteiger partial charge on any atom is -0.393 e. The first-order valence-corrected chi connectivity index (χ1v) is 7.41. The van der Waals surface area contributed by atoms with Crippen LogP contribution in [0.15, 0.2) is 11.6 Å². The molecule has 1 N–H and O–H groups in total. The molecule has 2 fully saturated rings. The summed E-state index contributed by atoms with van der Waals surface area (Å²) in [6.07, 6.45) is 6.00. The summed E-state index contributed by atoms with van der Waals surface area (Å²) in [6.45, 7) is 8.63. The Kier molecular flexibility index (Phi) is 2.87. The summed E-state index contributed by atoms with van der Waals surface area (Å²) in [7, 11) is 0. The summed E-state index contributed by atoms with van der Waals surface area (Å²) in [5.41, 5.74) is 1.52. The van der Waals surface area contributed by atoms with E-state index in [0.717, 1.165) is 12.8 Å². The number of aliphatic hydroxyl groups is 1. The lowest BCUT2D eigenvalue weighted by atomic mass is 9.85. The van der Waals surface area contributed by atoms with E-state index in [1.54, 1.807) is 5.57 Å². The zero-order valence-electron chi connectivity index (χ0n) is 12.0. The number of aliphatic hydroxyl groups excluding tert-OH is 1. The number of fused-ring (bicyclic) bond motifs is 1. The highest BCUT2D eigenvalue weighted by atomic mass is 16.5. The number of rotatable bonds is 1. The van der Waals surface area contributed by atoms with Gasteiger partial charge in [0, 0.05) is 11.8 Å². The van der Waals surface area contributed by atoms with Gasteiger partial charge < -0.3 is 9.84 Å². The molecule has 3 aliphatic rings. The molecule has 6 atom stereocenters. The molecule has 0 saturated heterocycles. The van der Waals surface area contributed by atoms with Crippen molar-refractivity contribution in [1.29, 1.82) is 0 Å². The summed E-state index contributed by atoms with van der Waals surface area (Å²) in [4.78, 5) is 0. The normalized spacial score (nSPS) is 47.1. The second kappa shape index (κ2) is 4.08. The first-order chi connectivity index (χ1) is 8.35. The zero-order valence-corrected chi connectivity index (χ0v) is 12.0. The molecular weight excluding hydrogens is 224 g/mol. The quantitative estimate of drug-likeness (QED) is 0.724. The molecular formula is C16H26O2. The first kappa shape index (κ1) is 12.7. The maximum absolute atomic E-state index is 10.2. The standard InChI is InChI=1S/C16H26O2/c1-9-5-10-6-12-7-11(8-13(9)17)14(10)15(12)18-16(2,3)4/h6,9,11-15,17H,5,7-8H2,1-4H3/t9-,11?,12-,13-,14+,15+/m0/s1. The summed E-state index contributed by atoms with van der Waals surface area (Å²) in [5, 5.41) is 10.2. The van der Waals surface area contributed by atoms with Crippen LogP contribution < -0.4 is 0 Å². The van der Waals surface area contributed by atoms with Crippen LogP contribution in [-0.2, 0) is 4.74 Å². The average molecular weight is 250 g/mol. The van der Waals surface area contributed by atoms with Crippen LogP contribution in [0.1, 0.15) is 47.0 Å². The van der Waals surface area contributed by atoms with E-state index < -0.39 is 0 Å². The monoisotopic (exact) mass is 250 g/mol. The van der Waals surface area contributed by atoms with E-state index in [2.05, 4.69) is 33.8 Å². The predicted molar refractivity (Wildman–Crippen MR) is 72.2 cm³/mol. The molecule has 0 heterocycles. The molecule has 2 saturated carbocycles. The molecule has 0 amide bonds. The van der Waals surface area contributed by atoms with Crippen LogP contribution >= 0.6 is 0 Å². The average Bonchev–Trinajstić information content (AvgIpc) is 2.66. The van der Waals surface area contributed by atoms with Gasteiger partial charge in [-0.3, -0.25) is 0 Å². The fraction of sp³-hybridized carbons (Fsp3) is 0.875. The minimum atomic E-state index is -0.115. The van der Waals surface area contributed by atoms with Gasteiger partial charge in [-0.1, -0.05) is 18.6 Å². The molecule has 0 aliphatic heterocycles. The Morgan fingerprint density at radius 1 is 1.28 bits per heavy atom. The first-order valence-electron chi connectivity index (χ1n) is 7.41. The van der Waals surface area contributed by atoms with Crippen molar-refractivity contribution in [2.24, 2.45) is 23.7 Å². The zero-order chi connectivity index (χ0) is 13.1. The van der Waals surface area contributed by atoms with Crippen molar-refractivity contribution < 1.29 is 9.84 Å². The Bertz CT molecular complexity index is 366. The van der Waals surface area contributed by atoms with E-state index in [-0.39, 0.29) is 11.7 Å². The van der Waals surface area contributed by atoms with E-state index >= 15 is 0 Å². The Balaban J connectivity index is 1.83. The van der Waals surface area contributed by atoms with Crippen LogP contribution in [0, 0.1) is 23.7 Å². The van der Waals surface area contributed by atoms with Gasteiger partial charge in [-0.2, -0.15) is 0 Å². The van der Waals surface area contributed by atoms with Gasteiger partial charge in [0.1, 0.15) is 0 Å².